The molecule has 284 valence electrons. The Morgan fingerprint density at radius 1 is 0.712 bits per heavy atom. The molecule has 18 heteroatoms. The van der Waals surface area contributed by atoms with Crippen molar-refractivity contribution < 1.29 is 75.8 Å². The number of esters is 5. The van der Waals surface area contributed by atoms with Crippen molar-refractivity contribution in [1.29, 1.82) is 0 Å². The molecule has 2 aliphatic rings. The Morgan fingerprint density at radius 2 is 1.31 bits per heavy atom. The molecule has 0 spiro atoms. The molecule has 1 N–H and O–H groups in total. The molecular weight excluding hydrogens is 694 g/mol. The average molecular weight is 736 g/mol. The number of amides is 1. The zero-order valence-electron chi connectivity index (χ0n) is 29.7. The maximum absolute atomic E-state index is 12.7. The van der Waals surface area contributed by atoms with E-state index in [1.807, 2.05) is 0 Å². The van der Waals surface area contributed by atoms with Gasteiger partial charge in [-0.05, 0) is 31.5 Å². The van der Waals surface area contributed by atoms with Gasteiger partial charge in [0.1, 0.15) is 36.2 Å². The third-order valence-corrected chi connectivity index (χ3v) is 7.87. The van der Waals surface area contributed by atoms with Gasteiger partial charge in [0.2, 0.25) is 12.2 Å². The Morgan fingerprint density at radius 3 is 1.90 bits per heavy atom. The maximum atomic E-state index is 12.7. The number of rotatable bonds is 11. The Labute approximate surface area is 297 Å². The van der Waals surface area contributed by atoms with Crippen LogP contribution in [0.25, 0.3) is 11.0 Å². The van der Waals surface area contributed by atoms with Crippen molar-refractivity contribution >= 4 is 46.7 Å². The van der Waals surface area contributed by atoms with Crippen molar-refractivity contribution in [2.24, 2.45) is 0 Å². The molecule has 2 aliphatic heterocycles. The van der Waals surface area contributed by atoms with Crippen molar-refractivity contribution in [3.05, 3.63) is 40.2 Å². The summed E-state index contributed by atoms with van der Waals surface area (Å²) >= 11 is 0. The van der Waals surface area contributed by atoms with Crippen LogP contribution in [0.5, 0.6) is 5.75 Å². The summed E-state index contributed by atoms with van der Waals surface area (Å²) in [5, 5.41) is 3.30. The SMILES string of the molecule is CC(=O)N[C@@H]1[C@@H](Oc2ccc3c(C)cc(=O)oc3c2)O[C@@H](COC(C)=O)[C@H](OC(C)=O)[C@H]1O[C@H]1O[C@H](C)[C@H](OC(C)=O)[C@H](OC(C)=O)[C@H]1OC(C)=O. The van der Waals surface area contributed by atoms with Crippen LogP contribution in [0.4, 0.5) is 0 Å². The quantitative estimate of drug-likeness (QED) is 0.194. The van der Waals surface area contributed by atoms with Crippen LogP contribution in [0.1, 0.15) is 54.0 Å². The molecule has 0 unspecified atom stereocenters. The van der Waals surface area contributed by atoms with Crippen molar-refractivity contribution in [3.8, 4) is 5.75 Å². The van der Waals surface area contributed by atoms with E-state index in [1.165, 1.54) is 26.0 Å². The smallest absolute Gasteiger partial charge is 0.336 e. The summed E-state index contributed by atoms with van der Waals surface area (Å²) in [6, 6.07) is 4.59. The summed E-state index contributed by atoms with van der Waals surface area (Å²) in [6.45, 7) is 9.44. The van der Waals surface area contributed by atoms with Gasteiger partial charge >= 0.3 is 35.5 Å². The molecule has 1 amide bonds. The zero-order valence-corrected chi connectivity index (χ0v) is 29.7. The van der Waals surface area contributed by atoms with Gasteiger partial charge in [-0.25, -0.2) is 4.79 Å². The highest BCUT2D eigenvalue weighted by atomic mass is 16.8. The molecule has 0 bridgehead atoms. The lowest BCUT2D eigenvalue weighted by Crippen LogP contribution is -2.69. The first-order valence-electron chi connectivity index (χ1n) is 16.2. The van der Waals surface area contributed by atoms with Crippen LogP contribution in [-0.4, -0.2) is 104 Å². The van der Waals surface area contributed by atoms with Crippen LogP contribution in [0.2, 0.25) is 0 Å². The minimum absolute atomic E-state index is 0.108. The van der Waals surface area contributed by atoms with Gasteiger partial charge in [0, 0.05) is 59.1 Å². The van der Waals surface area contributed by atoms with Crippen LogP contribution in [0.15, 0.2) is 33.5 Å². The number of carbonyl (C=O) groups is 6. The van der Waals surface area contributed by atoms with Crippen LogP contribution in [-0.2, 0) is 66.7 Å². The standard InChI is InChI=1S/C34H41NO17/c1-14-11-26(42)50-24-12-22(9-10-23(14)24)49-33-27(35-16(3)36)30(29(46-19(6)39)25(51-33)13-43-17(4)37)52-34-32(48-21(8)41)31(47-20(7)40)28(15(2)44-34)45-18(5)38/h9-12,15,25,27-34H,13H2,1-8H3,(H,35,36)/t15-,25+,27+,28+,29+,30+,31+,32-,33+,34-/m1/s1. The summed E-state index contributed by atoms with van der Waals surface area (Å²) in [6.07, 6.45) is -12.7. The Kier molecular flexibility index (Phi) is 13.0. The van der Waals surface area contributed by atoms with E-state index in [0.717, 1.165) is 34.6 Å². The van der Waals surface area contributed by atoms with Crippen LogP contribution in [0.3, 0.4) is 0 Å². The monoisotopic (exact) mass is 735 g/mol. The minimum Gasteiger partial charge on any atom is -0.463 e. The number of hydrogen-bond acceptors (Lipinski definition) is 17. The molecule has 3 heterocycles. The van der Waals surface area contributed by atoms with Crippen molar-refractivity contribution in [2.75, 3.05) is 6.61 Å². The molecule has 0 radical (unpaired) electrons. The number of hydrogen-bond donors (Lipinski definition) is 1. The summed E-state index contributed by atoms with van der Waals surface area (Å²) < 4.78 is 57.5. The Balaban J connectivity index is 1.83. The van der Waals surface area contributed by atoms with Gasteiger partial charge in [-0.3, -0.25) is 28.8 Å². The number of benzene rings is 1. The second-order valence-electron chi connectivity index (χ2n) is 12.2. The fourth-order valence-corrected chi connectivity index (χ4v) is 5.97. The van der Waals surface area contributed by atoms with E-state index in [2.05, 4.69) is 5.32 Å². The largest absolute Gasteiger partial charge is 0.463 e. The lowest BCUT2D eigenvalue weighted by molar-refractivity contribution is -0.338. The molecule has 10 atom stereocenters. The lowest BCUT2D eigenvalue weighted by Gasteiger charge is -2.49. The molecule has 18 nitrogen and oxygen atoms in total. The van der Waals surface area contributed by atoms with Crippen molar-refractivity contribution in [3.63, 3.8) is 0 Å². The topological polar surface area (TPSA) is 228 Å². The predicted octanol–water partition coefficient (Wildman–Crippen LogP) is 1.13. The normalized spacial score (nSPS) is 28.5. The van der Waals surface area contributed by atoms with Gasteiger partial charge in [-0.2, -0.15) is 0 Å². The summed E-state index contributed by atoms with van der Waals surface area (Å²) in [7, 11) is 0. The highest BCUT2D eigenvalue weighted by molar-refractivity contribution is 5.81. The highest BCUT2D eigenvalue weighted by Gasteiger charge is 2.56. The molecule has 4 rings (SSSR count). The van der Waals surface area contributed by atoms with Crippen LogP contribution < -0.4 is 15.7 Å². The van der Waals surface area contributed by atoms with Gasteiger partial charge in [-0.15, -0.1) is 0 Å². The molecule has 0 saturated carbocycles. The van der Waals surface area contributed by atoms with Gasteiger partial charge in [0.15, 0.2) is 30.7 Å². The van der Waals surface area contributed by atoms with E-state index < -0.39 is 109 Å². The number of fused-ring (bicyclic) bond motifs is 1. The number of aryl methyl sites for hydroxylation is 1. The Hall–Kier alpha value is -5.07. The van der Waals surface area contributed by atoms with E-state index in [0.29, 0.717) is 10.9 Å². The van der Waals surface area contributed by atoms with Gasteiger partial charge < -0.3 is 52.4 Å². The second kappa shape index (κ2) is 17.0. The van der Waals surface area contributed by atoms with Gasteiger partial charge in [0.05, 0.1) is 6.10 Å². The molecule has 0 aliphatic carbocycles. The first-order valence-corrected chi connectivity index (χ1v) is 16.2. The van der Waals surface area contributed by atoms with Gasteiger partial charge in [0.25, 0.3) is 0 Å². The number of nitrogens with one attached hydrogen (secondary N) is 1. The molecule has 2 saturated heterocycles. The van der Waals surface area contributed by atoms with Crippen LogP contribution in [0, 0.1) is 6.92 Å². The predicted molar refractivity (Wildman–Crippen MR) is 172 cm³/mol. The van der Waals surface area contributed by atoms with E-state index >= 15 is 0 Å². The first kappa shape index (κ1) is 39.7. The molecule has 52 heavy (non-hydrogen) atoms. The fourth-order valence-electron chi connectivity index (χ4n) is 5.97. The summed E-state index contributed by atoms with van der Waals surface area (Å²) in [5.41, 5.74) is 0.233. The lowest BCUT2D eigenvalue weighted by atomic mass is 9.94. The van der Waals surface area contributed by atoms with E-state index in [4.69, 9.17) is 47.0 Å². The maximum Gasteiger partial charge on any atom is 0.336 e. The summed E-state index contributed by atoms with van der Waals surface area (Å²) in [5.74, 6) is -4.45. The van der Waals surface area contributed by atoms with Crippen LogP contribution >= 0.6 is 0 Å². The van der Waals surface area contributed by atoms with E-state index in [9.17, 15) is 33.6 Å². The molecule has 2 aromatic rings. The molecular formula is C34H41NO17. The second-order valence-corrected chi connectivity index (χ2v) is 12.2. The average Bonchev–Trinajstić information content (AvgIpc) is 3.01. The van der Waals surface area contributed by atoms with Crippen molar-refractivity contribution in [1.82, 2.24) is 5.32 Å². The van der Waals surface area contributed by atoms with E-state index in [1.54, 1.807) is 19.1 Å². The third kappa shape index (κ3) is 10.0. The van der Waals surface area contributed by atoms with Crippen molar-refractivity contribution in [2.45, 2.75) is 117 Å². The number of ether oxygens (including phenoxy) is 9. The minimum atomic E-state index is -1.64. The van der Waals surface area contributed by atoms with E-state index in [-0.39, 0.29) is 11.3 Å². The van der Waals surface area contributed by atoms with Gasteiger partial charge in [-0.1, -0.05) is 0 Å². The fraction of sp³-hybridized carbons (Fsp3) is 0.559. The summed E-state index contributed by atoms with van der Waals surface area (Å²) in [4.78, 5) is 85.8. The third-order valence-electron chi connectivity index (χ3n) is 7.87. The Bertz CT molecular complexity index is 1740. The first-order chi connectivity index (χ1) is 24.4. The molecule has 1 aromatic heterocycles. The zero-order chi connectivity index (χ0) is 38.4. The highest BCUT2D eigenvalue weighted by Crippen LogP contribution is 2.35. The number of carbonyl (C=O) groups excluding carboxylic acids is 6. The molecule has 2 fully saturated rings. The molecule has 1 aromatic carbocycles.